The molecule has 1 heterocycles. The summed E-state index contributed by atoms with van der Waals surface area (Å²) in [6.07, 6.45) is 2.17. The third-order valence-corrected chi connectivity index (χ3v) is 3.38. The average molecular weight is 283 g/mol. The molecule has 19 heavy (non-hydrogen) atoms. The monoisotopic (exact) mass is 282 g/mol. The van der Waals surface area contributed by atoms with Crippen molar-refractivity contribution >= 4 is 23.2 Å². The number of amides is 1. The normalized spacial score (nSPS) is 23.1. The Morgan fingerprint density at radius 3 is 3.11 bits per heavy atom. The molecule has 2 N–H and O–H groups in total. The number of hydrogen-bond acceptors (Lipinski definition) is 3. The molecule has 1 aromatic carbocycles. The van der Waals surface area contributed by atoms with Crippen molar-refractivity contribution in [2.24, 2.45) is 0 Å². The second-order valence-corrected chi connectivity index (χ2v) is 5.28. The standard InChI is InChI=1S/C14H19ClN2O2/c1-10-7-12(5-6-19-10)16-9-14(18)17-13-4-2-3-11(15)8-13/h2-4,8,10,12,16H,5-7,9H2,1H3,(H,17,18). The van der Waals surface area contributed by atoms with Gasteiger partial charge >= 0.3 is 0 Å². The molecular weight excluding hydrogens is 264 g/mol. The van der Waals surface area contributed by atoms with Crippen LogP contribution in [0.2, 0.25) is 5.02 Å². The van der Waals surface area contributed by atoms with Crippen molar-refractivity contribution in [1.29, 1.82) is 0 Å². The van der Waals surface area contributed by atoms with Crippen LogP contribution in [-0.2, 0) is 9.53 Å². The molecule has 0 radical (unpaired) electrons. The maximum absolute atomic E-state index is 11.8. The van der Waals surface area contributed by atoms with Gasteiger partial charge < -0.3 is 15.4 Å². The zero-order valence-electron chi connectivity index (χ0n) is 11.0. The zero-order chi connectivity index (χ0) is 13.7. The van der Waals surface area contributed by atoms with Crippen molar-refractivity contribution in [2.45, 2.75) is 31.9 Å². The van der Waals surface area contributed by atoms with E-state index in [9.17, 15) is 4.79 Å². The van der Waals surface area contributed by atoms with Crippen LogP contribution >= 0.6 is 11.6 Å². The summed E-state index contributed by atoms with van der Waals surface area (Å²) in [6, 6.07) is 7.49. The largest absolute Gasteiger partial charge is 0.378 e. The van der Waals surface area contributed by atoms with Crippen LogP contribution < -0.4 is 10.6 Å². The number of carbonyl (C=O) groups excluding carboxylic acids is 1. The molecule has 2 rings (SSSR count). The fourth-order valence-electron chi connectivity index (χ4n) is 2.19. The van der Waals surface area contributed by atoms with Crippen molar-refractivity contribution in [2.75, 3.05) is 18.5 Å². The lowest BCUT2D eigenvalue weighted by Gasteiger charge is -2.27. The molecule has 0 saturated carbocycles. The maximum Gasteiger partial charge on any atom is 0.238 e. The van der Waals surface area contributed by atoms with Crippen LogP contribution in [0.25, 0.3) is 0 Å². The van der Waals surface area contributed by atoms with Crippen molar-refractivity contribution in [3.8, 4) is 0 Å². The smallest absolute Gasteiger partial charge is 0.238 e. The summed E-state index contributed by atoms with van der Waals surface area (Å²) in [5.74, 6) is -0.0542. The molecule has 0 aromatic heterocycles. The lowest BCUT2D eigenvalue weighted by atomic mass is 10.0. The van der Waals surface area contributed by atoms with Gasteiger partial charge in [0.05, 0.1) is 12.6 Å². The van der Waals surface area contributed by atoms with Gasteiger partial charge in [0.1, 0.15) is 0 Å². The molecule has 1 aliphatic heterocycles. The fourth-order valence-corrected chi connectivity index (χ4v) is 2.38. The fraction of sp³-hybridized carbons (Fsp3) is 0.500. The van der Waals surface area contributed by atoms with Crippen LogP contribution in [0.3, 0.4) is 0 Å². The number of nitrogens with one attached hydrogen (secondary N) is 2. The van der Waals surface area contributed by atoms with Crippen LogP contribution in [0, 0.1) is 0 Å². The highest BCUT2D eigenvalue weighted by Crippen LogP contribution is 2.15. The van der Waals surface area contributed by atoms with Crippen LogP contribution in [0.15, 0.2) is 24.3 Å². The summed E-state index contributed by atoms with van der Waals surface area (Å²) in [6.45, 7) is 3.12. The van der Waals surface area contributed by atoms with Crippen LogP contribution in [-0.4, -0.2) is 31.2 Å². The summed E-state index contributed by atoms with van der Waals surface area (Å²) in [5.41, 5.74) is 0.722. The summed E-state index contributed by atoms with van der Waals surface area (Å²) >= 11 is 5.86. The first-order valence-corrected chi connectivity index (χ1v) is 6.91. The van der Waals surface area contributed by atoms with E-state index in [1.807, 2.05) is 12.1 Å². The first-order valence-electron chi connectivity index (χ1n) is 6.54. The molecule has 0 aliphatic carbocycles. The maximum atomic E-state index is 11.8. The highest BCUT2D eigenvalue weighted by Gasteiger charge is 2.19. The van der Waals surface area contributed by atoms with Crippen molar-refractivity contribution in [3.63, 3.8) is 0 Å². The van der Waals surface area contributed by atoms with E-state index in [-0.39, 0.29) is 12.0 Å². The van der Waals surface area contributed by atoms with Crippen LogP contribution in [0.1, 0.15) is 19.8 Å². The lowest BCUT2D eigenvalue weighted by molar-refractivity contribution is -0.115. The quantitative estimate of drug-likeness (QED) is 0.892. The zero-order valence-corrected chi connectivity index (χ0v) is 11.7. The first kappa shape index (κ1) is 14.3. The Morgan fingerprint density at radius 1 is 1.53 bits per heavy atom. The van der Waals surface area contributed by atoms with Crippen molar-refractivity contribution in [1.82, 2.24) is 5.32 Å². The highest BCUT2D eigenvalue weighted by atomic mass is 35.5. The van der Waals surface area contributed by atoms with E-state index >= 15 is 0 Å². The number of ether oxygens (including phenoxy) is 1. The predicted molar refractivity (Wildman–Crippen MR) is 76.5 cm³/mol. The molecule has 104 valence electrons. The number of halogens is 1. The van der Waals surface area contributed by atoms with Crippen molar-refractivity contribution in [3.05, 3.63) is 29.3 Å². The molecule has 1 fully saturated rings. The Bertz CT molecular complexity index is 439. The van der Waals surface area contributed by atoms with E-state index in [0.29, 0.717) is 17.6 Å². The number of benzene rings is 1. The molecule has 0 spiro atoms. The molecule has 2 unspecified atom stereocenters. The molecule has 1 amide bonds. The molecular formula is C14H19ClN2O2. The minimum absolute atomic E-state index is 0.0542. The molecule has 5 heteroatoms. The minimum Gasteiger partial charge on any atom is -0.378 e. The van der Waals surface area contributed by atoms with E-state index < -0.39 is 0 Å². The highest BCUT2D eigenvalue weighted by molar-refractivity contribution is 6.30. The van der Waals surface area contributed by atoms with Gasteiger partial charge in [-0.25, -0.2) is 0 Å². The number of rotatable bonds is 4. The molecule has 4 nitrogen and oxygen atoms in total. The van der Waals surface area contributed by atoms with E-state index in [2.05, 4.69) is 17.6 Å². The Balaban J connectivity index is 1.75. The van der Waals surface area contributed by atoms with Crippen molar-refractivity contribution < 1.29 is 9.53 Å². The average Bonchev–Trinajstić information content (AvgIpc) is 2.36. The molecule has 1 aliphatic rings. The molecule has 2 atom stereocenters. The van der Waals surface area contributed by atoms with Gasteiger partial charge in [0.2, 0.25) is 5.91 Å². The number of anilines is 1. The molecule has 1 aromatic rings. The molecule has 1 saturated heterocycles. The van der Waals surface area contributed by atoms with Gasteiger partial charge in [0.15, 0.2) is 0 Å². The summed E-state index contributed by atoms with van der Waals surface area (Å²) < 4.78 is 5.47. The van der Waals surface area contributed by atoms with E-state index in [1.165, 1.54) is 0 Å². The van der Waals surface area contributed by atoms with Crippen LogP contribution in [0.5, 0.6) is 0 Å². The minimum atomic E-state index is -0.0542. The molecule has 0 bridgehead atoms. The Labute approximate surface area is 118 Å². The topological polar surface area (TPSA) is 50.4 Å². The van der Waals surface area contributed by atoms with Gasteiger partial charge in [-0.15, -0.1) is 0 Å². The predicted octanol–water partition coefficient (Wildman–Crippen LogP) is 2.44. The summed E-state index contributed by atoms with van der Waals surface area (Å²) in [7, 11) is 0. The van der Waals surface area contributed by atoms with Gasteiger partial charge in [-0.05, 0) is 38.0 Å². The van der Waals surface area contributed by atoms with E-state index in [4.69, 9.17) is 16.3 Å². The van der Waals surface area contributed by atoms with Gasteiger partial charge in [0.25, 0.3) is 0 Å². The van der Waals surface area contributed by atoms with E-state index in [1.54, 1.807) is 12.1 Å². The summed E-state index contributed by atoms with van der Waals surface area (Å²) in [5, 5.41) is 6.69. The third-order valence-electron chi connectivity index (χ3n) is 3.14. The van der Waals surface area contributed by atoms with Gasteiger partial charge in [-0.1, -0.05) is 17.7 Å². The third kappa shape index (κ3) is 4.82. The number of hydrogen-bond donors (Lipinski definition) is 2. The Kier molecular flexibility index (Phi) is 5.19. The Hall–Kier alpha value is -1.10. The van der Waals surface area contributed by atoms with Gasteiger partial charge in [-0.3, -0.25) is 4.79 Å². The first-order chi connectivity index (χ1) is 9.13. The van der Waals surface area contributed by atoms with Gasteiger partial charge in [-0.2, -0.15) is 0 Å². The van der Waals surface area contributed by atoms with Gasteiger partial charge in [0, 0.05) is 23.4 Å². The summed E-state index contributed by atoms with van der Waals surface area (Å²) in [4.78, 5) is 11.8. The second-order valence-electron chi connectivity index (χ2n) is 4.84. The Morgan fingerprint density at radius 2 is 2.37 bits per heavy atom. The van der Waals surface area contributed by atoms with E-state index in [0.717, 1.165) is 25.1 Å². The van der Waals surface area contributed by atoms with Crippen LogP contribution in [0.4, 0.5) is 5.69 Å². The SMILES string of the molecule is CC1CC(NCC(=O)Nc2cccc(Cl)c2)CCO1. The number of carbonyl (C=O) groups is 1. The second kappa shape index (κ2) is 6.89. The lowest BCUT2D eigenvalue weighted by Crippen LogP contribution is -2.41.